The Morgan fingerprint density at radius 1 is 1.46 bits per heavy atom. The van der Waals surface area contributed by atoms with Gasteiger partial charge in [-0.1, -0.05) is 20.8 Å². The molecule has 2 nitrogen and oxygen atoms in total. The molecular weight excluding hydrogens is 160 g/mol. The molecule has 0 fully saturated rings. The van der Waals surface area contributed by atoms with Gasteiger partial charge in [0, 0.05) is 24.4 Å². The van der Waals surface area contributed by atoms with Crippen molar-refractivity contribution < 1.29 is 0 Å². The molecular formula is C11H18N2. The first-order valence-corrected chi connectivity index (χ1v) is 5.11. The van der Waals surface area contributed by atoms with Gasteiger partial charge in [-0.2, -0.15) is 5.10 Å². The lowest BCUT2D eigenvalue weighted by Gasteiger charge is -2.34. The highest BCUT2D eigenvalue weighted by Gasteiger charge is 2.30. The van der Waals surface area contributed by atoms with Crippen molar-refractivity contribution in [3.05, 3.63) is 18.0 Å². The average molecular weight is 178 g/mol. The maximum atomic E-state index is 4.34. The van der Waals surface area contributed by atoms with Crippen LogP contribution in [0.4, 0.5) is 0 Å². The second-order valence-electron chi connectivity index (χ2n) is 5.04. The van der Waals surface area contributed by atoms with Crippen LogP contribution in [0.3, 0.4) is 0 Å². The molecule has 0 radical (unpaired) electrons. The molecule has 1 aliphatic rings. The van der Waals surface area contributed by atoms with E-state index in [2.05, 4.69) is 36.6 Å². The molecule has 0 saturated carbocycles. The molecule has 0 aromatic carbocycles. The molecule has 0 amide bonds. The Labute approximate surface area is 80.0 Å². The number of hydrogen-bond donors (Lipinski definition) is 0. The van der Waals surface area contributed by atoms with Crippen molar-refractivity contribution in [2.45, 2.75) is 46.1 Å². The van der Waals surface area contributed by atoms with Crippen molar-refractivity contribution in [1.82, 2.24) is 9.78 Å². The van der Waals surface area contributed by atoms with Crippen LogP contribution in [0.15, 0.2) is 12.3 Å². The first kappa shape index (κ1) is 8.79. The quantitative estimate of drug-likeness (QED) is 0.597. The summed E-state index contributed by atoms with van der Waals surface area (Å²) in [5, 5.41) is 4.34. The minimum Gasteiger partial charge on any atom is -0.269 e. The molecule has 0 spiro atoms. The van der Waals surface area contributed by atoms with E-state index >= 15 is 0 Å². The van der Waals surface area contributed by atoms with Gasteiger partial charge in [0.1, 0.15) is 0 Å². The van der Waals surface area contributed by atoms with Crippen LogP contribution in [0.1, 0.15) is 45.2 Å². The predicted molar refractivity (Wildman–Crippen MR) is 53.7 cm³/mol. The van der Waals surface area contributed by atoms with Crippen molar-refractivity contribution in [3.63, 3.8) is 0 Å². The molecule has 2 heterocycles. The Kier molecular flexibility index (Phi) is 1.94. The van der Waals surface area contributed by atoms with Crippen LogP contribution in [0.25, 0.3) is 0 Å². The summed E-state index contributed by atoms with van der Waals surface area (Å²) in [6, 6.07) is 2.18. The lowest BCUT2D eigenvalue weighted by Crippen LogP contribution is -2.26. The maximum Gasteiger partial charge on any atom is 0.0492 e. The Balaban J connectivity index is 2.35. The summed E-state index contributed by atoms with van der Waals surface area (Å²) in [5.74, 6) is 0.684. The number of hydrogen-bond acceptors (Lipinski definition) is 1. The minimum absolute atomic E-state index is 0.373. The summed E-state index contributed by atoms with van der Waals surface area (Å²) < 4.78 is 2.17. The Bertz CT molecular complexity index is 293. The lowest BCUT2D eigenvalue weighted by molar-refractivity contribution is 0.256. The monoisotopic (exact) mass is 178 g/mol. The summed E-state index contributed by atoms with van der Waals surface area (Å²) in [6.45, 7) is 8.07. The van der Waals surface area contributed by atoms with Gasteiger partial charge in [0.15, 0.2) is 0 Å². The van der Waals surface area contributed by atoms with Crippen LogP contribution in [0.2, 0.25) is 0 Å². The minimum atomic E-state index is 0.373. The molecule has 13 heavy (non-hydrogen) atoms. The number of nitrogens with zero attached hydrogens (tertiary/aromatic N) is 2. The van der Waals surface area contributed by atoms with Gasteiger partial charge in [-0.05, 0) is 24.3 Å². The van der Waals surface area contributed by atoms with Crippen molar-refractivity contribution in [2.75, 3.05) is 0 Å². The van der Waals surface area contributed by atoms with Crippen LogP contribution >= 0.6 is 0 Å². The van der Waals surface area contributed by atoms with Gasteiger partial charge in [0.25, 0.3) is 0 Å². The van der Waals surface area contributed by atoms with Crippen LogP contribution in [0, 0.1) is 5.41 Å². The van der Waals surface area contributed by atoms with Crippen LogP contribution in [-0.2, 0) is 6.54 Å². The fourth-order valence-corrected chi connectivity index (χ4v) is 2.30. The zero-order chi connectivity index (χ0) is 9.47. The number of aromatic nitrogens is 2. The fourth-order valence-electron chi connectivity index (χ4n) is 2.30. The fraction of sp³-hybridized carbons (Fsp3) is 0.727. The highest BCUT2D eigenvalue weighted by molar-refractivity contribution is 5.13. The van der Waals surface area contributed by atoms with Crippen molar-refractivity contribution in [3.8, 4) is 0 Å². The Morgan fingerprint density at radius 2 is 2.23 bits per heavy atom. The molecule has 1 atom stereocenters. The van der Waals surface area contributed by atoms with E-state index in [0.29, 0.717) is 11.3 Å². The molecule has 2 heteroatoms. The summed E-state index contributed by atoms with van der Waals surface area (Å²) >= 11 is 0. The smallest absolute Gasteiger partial charge is 0.0492 e. The lowest BCUT2D eigenvalue weighted by atomic mass is 9.75. The van der Waals surface area contributed by atoms with E-state index in [9.17, 15) is 0 Å². The highest BCUT2D eigenvalue weighted by Crippen LogP contribution is 2.40. The zero-order valence-corrected chi connectivity index (χ0v) is 8.75. The number of aryl methyl sites for hydroxylation is 1. The molecule has 1 aromatic rings. The van der Waals surface area contributed by atoms with Gasteiger partial charge in [-0.25, -0.2) is 0 Å². The van der Waals surface area contributed by atoms with Gasteiger partial charge < -0.3 is 0 Å². The van der Waals surface area contributed by atoms with E-state index in [0.717, 1.165) is 6.54 Å². The van der Waals surface area contributed by atoms with E-state index in [4.69, 9.17) is 0 Å². The van der Waals surface area contributed by atoms with Crippen molar-refractivity contribution in [2.24, 2.45) is 5.41 Å². The largest absolute Gasteiger partial charge is 0.269 e. The van der Waals surface area contributed by atoms with E-state index in [1.54, 1.807) is 0 Å². The number of fused-ring (bicyclic) bond motifs is 1. The Hall–Kier alpha value is -0.790. The molecule has 1 aliphatic heterocycles. The molecule has 2 rings (SSSR count). The van der Waals surface area contributed by atoms with Crippen LogP contribution < -0.4 is 0 Å². The van der Waals surface area contributed by atoms with E-state index in [1.807, 2.05) is 6.20 Å². The second kappa shape index (κ2) is 2.86. The van der Waals surface area contributed by atoms with Gasteiger partial charge in [0.05, 0.1) is 0 Å². The second-order valence-corrected chi connectivity index (χ2v) is 5.04. The van der Waals surface area contributed by atoms with Crippen molar-refractivity contribution >= 4 is 0 Å². The molecule has 1 aromatic heterocycles. The molecule has 0 saturated heterocycles. The number of rotatable bonds is 0. The predicted octanol–water partition coefficient (Wildman–Crippen LogP) is 2.81. The SMILES string of the molecule is CC(C)(C)C1CCCn2nccc21. The normalized spacial score (nSPS) is 22.8. The molecule has 0 N–H and O–H groups in total. The standard InChI is InChI=1S/C11H18N2/c1-11(2,3)9-5-4-8-13-10(9)6-7-12-13/h6-7,9H,4-5,8H2,1-3H3. The average Bonchev–Trinajstić information content (AvgIpc) is 2.48. The van der Waals surface area contributed by atoms with Crippen molar-refractivity contribution in [1.29, 1.82) is 0 Å². The van der Waals surface area contributed by atoms with Gasteiger partial charge in [-0.15, -0.1) is 0 Å². The first-order valence-electron chi connectivity index (χ1n) is 5.11. The third-order valence-electron chi connectivity index (χ3n) is 3.01. The first-order chi connectivity index (χ1) is 6.09. The summed E-state index contributed by atoms with van der Waals surface area (Å²) in [5.41, 5.74) is 1.80. The summed E-state index contributed by atoms with van der Waals surface area (Å²) in [4.78, 5) is 0. The Morgan fingerprint density at radius 3 is 2.92 bits per heavy atom. The van der Waals surface area contributed by atoms with Gasteiger partial charge >= 0.3 is 0 Å². The van der Waals surface area contributed by atoms with Crippen LogP contribution in [0.5, 0.6) is 0 Å². The molecule has 1 unspecified atom stereocenters. The van der Waals surface area contributed by atoms with E-state index < -0.39 is 0 Å². The van der Waals surface area contributed by atoms with Gasteiger partial charge in [-0.3, -0.25) is 4.68 Å². The van der Waals surface area contributed by atoms with E-state index in [-0.39, 0.29) is 0 Å². The third kappa shape index (κ3) is 1.50. The maximum absolute atomic E-state index is 4.34. The third-order valence-corrected chi connectivity index (χ3v) is 3.01. The highest BCUT2D eigenvalue weighted by atomic mass is 15.3. The zero-order valence-electron chi connectivity index (χ0n) is 8.75. The molecule has 0 aliphatic carbocycles. The molecule has 72 valence electrons. The topological polar surface area (TPSA) is 17.8 Å². The summed E-state index contributed by atoms with van der Waals surface area (Å²) in [7, 11) is 0. The molecule has 0 bridgehead atoms. The van der Waals surface area contributed by atoms with E-state index in [1.165, 1.54) is 18.5 Å². The van der Waals surface area contributed by atoms with Gasteiger partial charge in [0.2, 0.25) is 0 Å². The summed E-state index contributed by atoms with van der Waals surface area (Å²) in [6.07, 6.45) is 4.52. The van der Waals surface area contributed by atoms with Crippen LogP contribution in [-0.4, -0.2) is 9.78 Å².